The molecular weight excluding hydrogens is 340 g/mol. The number of rotatable bonds is 3. The minimum Gasteiger partial charge on any atom is -0.504 e. The zero-order valence-corrected chi connectivity index (χ0v) is 16.7. The predicted molar refractivity (Wildman–Crippen MR) is 108 cm³/mol. The maximum absolute atomic E-state index is 12.7. The van der Waals surface area contributed by atoms with Crippen LogP contribution in [0.25, 0.3) is 0 Å². The van der Waals surface area contributed by atoms with Gasteiger partial charge in [-0.05, 0) is 49.8 Å². The minimum atomic E-state index is -0.412. The number of phenols is 1. The summed E-state index contributed by atoms with van der Waals surface area (Å²) < 4.78 is 10.9. The molecule has 0 aromatic heterocycles. The van der Waals surface area contributed by atoms with Crippen LogP contribution in [0.1, 0.15) is 56.8 Å². The molecule has 0 bridgehead atoms. The van der Waals surface area contributed by atoms with Gasteiger partial charge in [-0.1, -0.05) is 49.8 Å². The molecule has 1 N–H and O–H groups in total. The van der Waals surface area contributed by atoms with Crippen LogP contribution < -0.4 is 4.74 Å². The van der Waals surface area contributed by atoms with E-state index < -0.39 is 5.97 Å². The molecular formula is C23H30O4. The first-order chi connectivity index (χ1) is 12.7. The molecule has 0 radical (unpaired) electrons. The van der Waals surface area contributed by atoms with E-state index in [2.05, 4.69) is 45.6 Å². The summed E-state index contributed by atoms with van der Waals surface area (Å²) >= 11 is 0. The molecule has 0 saturated heterocycles. The number of benzene rings is 1. The first kappa shape index (κ1) is 20.8. The van der Waals surface area contributed by atoms with E-state index in [9.17, 15) is 9.90 Å². The van der Waals surface area contributed by atoms with Gasteiger partial charge in [-0.2, -0.15) is 0 Å². The molecule has 0 heterocycles. The van der Waals surface area contributed by atoms with E-state index in [0.29, 0.717) is 18.4 Å². The van der Waals surface area contributed by atoms with Crippen molar-refractivity contribution in [3.63, 3.8) is 0 Å². The first-order valence-electron chi connectivity index (χ1n) is 9.31. The van der Waals surface area contributed by atoms with Crippen LogP contribution in [-0.4, -0.2) is 24.3 Å². The molecule has 1 aliphatic carbocycles. The topological polar surface area (TPSA) is 55.8 Å². The van der Waals surface area contributed by atoms with Crippen molar-refractivity contribution in [2.24, 2.45) is 5.41 Å². The van der Waals surface area contributed by atoms with E-state index in [1.165, 1.54) is 24.8 Å². The van der Waals surface area contributed by atoms with E-state index in [1.807, 2.05) is 0 Å². The maximum Gasteiger partial charge on any atom is 0.338 e. The minimum absolute atomic E-state index is 0.00531. The van der Waals surface area contributed by atoms with Gasteiger partial charge >= 0.3 is 5.97 Å². The Labute approximate surface area is 162 Å². The summed E-state index contributed by atoms with van der Waals surface area (Å²) in [4.78, 5) is 12.7. The van der Waals surface area contributed by atoms with Crippen molar-refractivity contribution in [3.05, 3.63) is 59.7 Å². The fraction of sp³-hybridized carbons (Fsp3) is 0.435. The Bertz CT molecular complexity index is 756. The third-order valence-corrected chi connectivity index (χ3v) is 4.72. The summed E-state index contributed by atoms with van der Waals surface area (Å²) in [6.45, 7) is 10.5. The zero-order chi connectivity index (χ0) is 20.0. The molecule has 2 rings (SSSR count). The smallest absolute Gasteiger partial charge is 0.338 e. The van der Waals surface area contributed by atoms with Gasteiger partial charge in [-0.15, -0.1) is 0 Å². The van der Waals surface area contributed by atoms with Crippen LogP contribution in [0, 0.1) is 5.41 Å². The van der Waals surface area contributed by atoms with Crippen LogP contribution in [0.15, 0.2) is 54.2 Å². The van der Waals surface area contributed by atoms with Crippen LogP contribution in [0.2, 0.25) is 0 Å². The van der Waals surface area contributed by atoms with E-state index >= 15 is 0 Å². The summed E-state index contributed by atoms with van der Waals surface area (Å²) in [6.07, 6.45) is 9.47. The highest BCUT2D eigenvalue weighted by molar-refractivity contribution is 5.90. The van der Waals surface area contributed by atoms with Crippen molar-refractivity contribution in [1.82, 2.24) is 0 Å². The molecule has 1 aromatic carbocycles. The molecule has 0 amide bonds. The van der Waals surface area contributed by atoms with Crippen molar-refractivity contribution in [1.29, 1.82) is 0 Å². The molecule has 0 spiro atoms. The second-order valence-corrected chi connectivity index (χ2v) is 7.89. The van der Waals surface area contributed by atoms with Gasteiger partial charge in [0.15, 0.2) is 11.5 Å². The lowest BCUT2D eigenvalue weighted by molar-refractivity contribution is 0.0221. The second kappa shape index (κ2) is 8.94. The Balaban J connectivity index is 2.22. The summed E-state index contributed by atoms with van der Waals surface area (Å²) in [6, 6.07) is 4.49. The Morgan fingerprint density at radius 3 is 2.78 bits per heavy atom. The molecule has 4 heteroatoms. The number of hydrogen-bond donors (Lipinski definition) is 1. The predicted octanol–water partition coefficient (Wildman–Crippen LogP) is 5.59. The number of carbonyl (C=O) groups is 1. The molecule has 1 atom stereocenters. The standard InChI is InChI=1S/C23H30O4/c1-16-7-6-8-17(2)13-19(15-23(3,4)12-11-16)27-22(25)18-9-10-20(24)21(14-18)26-5/h8-12,14,19,24H,1,6-7,13,15H2,2-5H3. The number of esters is 1. The Hall–Kier alpha value is -2.49. The van der Waals surface area contributed by atoms with Gasteiger partial charge < -0.3 is 14.6 Å². The molecule has 27 heavy (non-hydrogen) atoms. The van der Waals surface area contributed by atoms with Gasteiger partial charge in [0.2, 0.25) is 0 Å². The maximum atomic E-state index is 12.7. The van der Waals surface area contributed by atoms with Crippen molar-refractivity contribution in [2.75, 3.05) is 7.11 Å². The van der Waals surface area contributed by atoms with Crippen LogP contribution in [-0.2, 0) is 4.74 Å². The molecule has 0 fully saturated rings. The van der Waals surface area contributed by atoms with Gasteiger partial charge in [-0.25, -0.2) is 4.79 Å². The Morgan fingerprint density at radius 2 is 2.07 bits per heavy atom. The third-order valence-electron chi connectivity index (χ3n) is 4.72. The van der Waals surface area contributed by atoms with Crippen molar-refractivity contribution < 1.29 is 19.4 Å². The van der Waals surface area contributed by atoms with Crippen molar-refractivity contribution in [3.8, 4) is 11.5 Å². The summed E-state index contributed by atoms with van der Waals surface area (Å²) in [5.74, 6) is -0.163. The zero-order valence-electron chi connectivity index (χ0n) is 16.7. The molecule has 1 unspecified atom stereocenters. The number of phenolic OH excluding ortho intramolecular Hbond substituents is 1. The number of methoxy groups -OCH3 is 1. The first-order valence-corrected chi connectivity index (χ1v) is 9.31. The summed E-state index contributed by atoms with van der Waals surface area (Å²) in [5, 5.41) is 9.72. The lowest BCUT2D eigenvalue weighted by Gasteiger charge is -2.27. The fourth-order valence-electron chi connectivity index (χ4n) is 3.21. The van der Waals surface area contributed by atoms with E-state index in [4.69, 9.17) is 9.47 Å². The molecule has 146 valence electrons. The van der Waals surface area contributed by atoms with Crippen LogP contribution >= 0.6 is 0 Å². The highest BCUT2D eigenvalue weighted by Crippen LogP contribution is 2.31. The monoisotopic (exact) mass is 370 g/mol. The number of hydrogen-bond acceptors (Lipinski definition) is 4. The highest BCUT2D eigenvalue weighted by Gasteiger charge is 2.25. The van der Waals surface area contributed by atoms with E-state index in [-0.39, 0.29) is 23.0 Å². The SMILES string of the molecule is C=C1C=CC(C)(C)CC(OC(=O)c2ccc(O)c(OC)c2)CC(C)=CCC1. The second-order valence-electron chi connectivity index (χ2n) is 7.89. The lowest BCUT2D eigenvalue weighted by Crippen LogP contribution is -2.25. The molecule has 0 saturated carbocycles. The molecule has 0 aliphatic heterocycles. The van der Waals surface area contributed by atoms with Gasteiger partial charge in [-0.3, -0.25) is 0 Å². The number of aromatic hydroxyl groups is 1. The third kappa shape index (κ3) is 6.31. The van der Waals surface area contributed by atoms with Crippen LogP contribution in [0.4, 0.5) is 0 Å². The van der Waals surface area contributed by atoms with Crippen LogP contribution in [0.5, 0.6) is 11.5 Å². The number of ether oxygens (including phenoxy) is 2. The number of carbonyl (C=O) groups excluding carboxylic acids is 1. The average Bonchev–Trinajstić information content (AvgIpc) is 2.61. The quantitative estimate of drug-likeness (QED) is 0.557. The largest absolute Gasteiger partial charge is 0.504 e. The van der Waals surface area contributed by atoms with Gasteiger partial charge in [0.1, 0.15) is 6.10 Å². The van der Waals surface area contributed by atoms with E-state index in [0.717, 1.165) is 18.4 Å². The highest BCUT2D eigenvalue weighted by atomic mass is 16.5. The normalized spacial score (nSPS) is 20.4. The van der Waals surface area contributed by atoms with Crippen molar-refractivity contribution in [2.45, 2.75) is 52.6 Å². The molecule has 1 aromatic rings. The number of allylic oxidation sites excluding steroid dienone is 4. The molecule has 4 nitrogen and oxygen atoms in total. The van der Waals surface area contributed by atoms with Gasteiger partial charge in [0.25, 0.3) is 0 Å². The summed E-state index contributed by atoms with van der Waals surface area (Å²) in [5.41, 5.74) is 2.56. The lowest BCUT2D eigenvalue weighted by atomic mass is 9.84. The fourth-order valence-corrected chi connectivity index (χ4v) is 3.21. The average molecular weight is 370 g/mol. The van der Waals surface area contributed by atoms with Gasteiger partial charge in [0.05, 0.1) is 12.7 Å². The van der Waals surface area contributed by atoms with Crippen LogP contribution in [0.3, 0.4) is 0 Å². The van der Waals surface area contributed by atoms with Crippen molar-refractivity contribution >= 4 is 5.97 Å². The summed E-state index contributed by atoms with van der Waals surface area (Å²) in [7, 11) is 1.45. The Morgan fingerprint density at radius 1 is 1.33 bits per heavy atom. The Kier molecular flexibility index (Phi) is 6.89. The molecule has 1 aliphatic rings. The van der Waals surface area contributed by atoms with E-state index in [1.54, 1.807) is 6.07 Å². The van der Waals surface area contributed by atoms with Gasteiger partial charge in [0, 0.05) is 6.42 Å².